The molecule has 1 aromatic rings. The smallest absolute Gasteiger partial charge is 0.337 e. The van der Waals surface area contributed by atoms with Crippen molar-refractivity contribution in [2.45, 2.75) is 56.8 Å². The molecule has 0 radical (unpaired) electrons. The van der Waals surface area contributed by atoms with Crippen molar-refractivity contribution < 1.29 is 28.9 Å². The SMILES string of the molecule is COC(=O)c1ccc([C@@H]2C=C(C(=O)NC3CCC3)O[C@H](OCCCCO)C2)cc1. The summed E-state index contributed by atoms with van der Waals surface area (Å²) >= 11 is 0. The number of hydrogen-bond acceptors (Lipinski definition) is 6. The minimum absolute atomic E-state index is 0.0690. The molecule has 7 nitrogen and oxygen atoms in total. The van der Waals surface area contributed by atoms with Crippen molar-refractivity contribution in [1.29, 1.82) is 0 Å². The van der Waals surface area contributed by atoms with Crippen molar-refractivity contribution in [2.75, 3.05) is 20.3 Å². The Labute approximate surface area is 171 Å². The van der Waals surface area contributed by atoms with Crippen LogP contribution >= 0.6 is 0 Å². The molecule has 2 aliphatic rings. The molecule has 1 aliphatic carbocycles. The number of unbranched alkanes of at least 4 members (excludes halogenated alkanes) is 1. The number of amides is 1. The first-order chi connectivity index (χ1) is 14.1. The van der Waals surface area contributed by atoms with Gasteiger partial charge in [-0.1, -0.05) is 12.1 Å². The van der Waals surface area contributed by atoms with Crippen LogP contribution in [-0.2, 0) is 19.0 Å². The molecule has 2 atom stereocenters. The lowest BCUT2D eigenvalue weighted by atomic mass is 9.91. The predicted molar refractivity (Wildman–Crippen MR) is 106 cm³/mol. The van der Waals surface area contributed by atoms with Crippen molar-refractivity contribution in [3.63, 3.8) is 0 Å². The zero-order valence-electron chi connectivity index (χ0n) is 16.8. The van der Waals surface area contributed by atoms with Crippen LogP contribution in [0.5, 0.6) is 0 Å². The molecule has 0 bridgehead atoms. The fourth-order valence-electron chi connectivity index (χ4n) is 3.37. The van der Waals surface area contributed by atoms with Crippen LogP contribution in [-0.4, -0.2) is 49.6 Å². The Hall–Kier alpha value is -2.38. The number of benzene rings is 1. The summed E-state index contributed by atoms with van der Waals surface area (Å²) < 4.78 is 16.4. The number of esters is 1. The summed E-state index contributed by atoms with van der Waals surface area (Å²) in [5.74, 6) is -0.392. The van der Waals surface area contributed by atoms with Crippen LogP contribution in [0, 0.1) is 0 Å². The summed E-state index contributed by atoms with van der Waals surface area (Å²) in [5.41, 5.74) is 1.45. The lowest BCUT2D eigenvalue weighted by Gasteiger charge is -2.31. The second-order valence-electron chi connectivity index (χ2n) is 7.44. The van der Waals surface area contributed by atoms with Crippen LogP contribution < -0.4 is 5.32 Å². The van der Waals surface area contributed by atoms with E-state index in [4.69, 9.17) is 19.3 Å². The highest BCUT2D eigenvalue weighted by molar-refractivity contribution is 5.92. The molecule has 1 aliphatic heterocycles. The maximum atomic E-state index is 12.6. The second kappa shape index (κ2) is 10.4. The highest BCUT2D eigenvalue weighted by Crippen LogP contribution is 2.32. The van der Waals surface area contributed by atoms with Gasteiger partial charge in [-0.05, 0) is 55.9 Å². The van der Waals surface area contributed by atoms with Gasteiger partial charge in [0.2, 0.25) is 6.29 Å². The molecule has 29 heavy (non-hydrogen) atoms. The van der Waals surface area contributed by atoms with Gasteiger partial charge in [0.1, 0.15) is 0 Å². The second-order valence-corrected chi connectivity index (χ2v) is 7.44. The molecule has 3 rings (SSSR count). The molecule has 1 aromatic carbocycles. The predicted octanol–water partition coefficient (Wildman–Crippen LogP) is 2.64. The minimum Gasteiger partial charge on any atom is -0.465 e. The molecule has 1 fully saturated rings. The van der Waals surface area contributed by atoms with Gasteiger partial charge < -0.3 is 24.6 Å². The highest BCUT2D eigenvalue weighted by Gasteiger charge is 2.30. The first-order valence-electron chi connectivity index (χ1n) is 10.2. The Morgan fingerprint density at radius 2 is 1.97 bits per heavy atom. The fraction of sp³-hybridized carbons (Fsp3) is 0.545. The molecule has 1 amide bonds. The van der Waals surface area contributed by atoms with Crippen LogP contribution in [0.25, 0.3) is 0 Å². The lowest BCUT2D eigenvalue weighted by Crippen LogP contribution is -2.42. The van der Waals surface area contributed by atoms with Crippen LogP contribution in [0.4, 0.5) is 0 Å². The fourth-order valence-corrected chi connectivity index (χ4v) is 3.37. The first kappa shape index (κ1) is 21.3. The molecule has 2 N–H and O–H groups in total. The van der Waals surface area contributed by atoms with Gasteiger partial charge >= 0.3 is 5.97 Å². The van der Waals surface area contributed by atoms with Crippen LogP contribution in [0.15, 0.2) is 36.1 Å². The van der Waals surface area contributed by atoms with Gasteiger partial charge in [0.05, 0.1) is 19.3 Å². The van der Waals surface area contributed by atoms with Gasteiger partial charge in [-0.25, -0.2) is 4.79 Å². The third kappa shape index (κ3) is 5.81. The standard InChI is InChI=1S/C22H29NO6/c1-27-22(26)16-9-7-15(8-10-16)17-13-19(21(25)23-18-5-4-6-18)29-20(14-17)28-12-3-2-11-24/h7-10,13,17-18,20,24H,2-6,11-12,14H2,1H3,(H,23,25)/t17-,20+/m1/s1. The topological polar surface area (TPSA) is 94.1 Å². The highest BCUT2D eigenvalue weighted by atomic mass is 16.7. The Bertz CT molecular complexity index is 725. The lowest BCUT2D eigenvalue weighted by molar-refractivity contribution is -0.147. The number of aliphatic hydroxyl groups is 1. The molecular weight excluding hydrogens is 374 g/mol. The van der Waals surface area contributed by atoms with Gasteiger partial charge in [0.15, 0.2) is 5.76 Å². The van der Waals surface area contributed by atoms with Crippen molar-refractivity contribution in [2.24, 2.45) is 0 Å². The van der Waals surface area contributed by atoms with Crippen molar-refractivity contribution >= 4 is 11.9 Å². The summed E-state index contributed by atoms with van der Waals surface area (Å²) in [6.45, 7) is 0.579. The van der Waals surface area contributed by atoms with E-state index < -0.39 is 6.29 Å². The first-order valence-corrected chi connectivity index (χ1v) is 10.2. The quantitative estimate of drug-likeness (QED) is 0.486. The maximum absolute atomic E-state index is 12.6. The van der Waals surface area contributed by atoms with Gasteiger partial charge in [-0.2, -0.15) is 0 Å². The summed E-state index contributed by atoms with van der Waals surface area (Å²) in [6.07, 6.45) is 6.38. The molecule has 0 unspecified atom stereocenters. The largest absolute Gasteiger partial charge is 0.465 e. The zero-order valence-corrected chi connectivity index (χ0v) is 16.8. The molecular formula is C22H29NO6. The van der Waals surface area contributed by atoms with E-state index in [9.17, 15) is 9.59 Å². The Morgan fingerprint density at radius 3 is 2.59 bits per heavy atom. The summed E-state index contributed by atoms with van der Waals surface area (Å²) in [7, 11) is 1.35. The Kier molecular flexibility index (Phi) is 7.66. The van der Waals surface area contributed by atoms with E-state index in [0.29, 0.717) is 25.0 Å². The summed E-state index contributed by atoms with van der Waals surface area (Å²) in [4.78, 5) is 24.3. The molecule has 7 heteroatoms. The number of carbonyl (C=O) groups excluding carboxylic acids is 2. The van der Waals surface area contributed by atoms with Gasteiger partial charge in [-0.15, -0.1) is 0 Å². The molecule has 1 saturated carbocycles. The number of ether oxygens (including phenoxy) is 3. The van der Waals surface area contributed by atoms with Gasteiger partial charge in [-0.3, -0.25) is 4.79 Å². The average Bonchev–Trinajstić information content (AvgIpc) is 2.73. The number of hydrogen-bond donors (Lipinski definition) is 2. The van der Waals surface area contributed by atoms with E-state index in [-0.39, 0.29) is 36.2 Å². The van der Waals surface area contributed by atoms with Crippen LogP contribution in [0.3, 0.4) is 0 Å². The Morgan fingerprint density at radius 1 is 1.21 bits per heavy atom. The zero-order chi connectivity index (χ0) is 20.6. The number of carbonyl (C=O) groups is 2. The molecule has 0 spiro atoms. The van der Waals surface area contributed by atoms with E-state index >= 15 is 0 Å². The number of allylic oxidation sites excluding steroid dienone is 1. The third-order valence-corrected chi connectivity index (χ3v) is 5.34. The summed E-state index contributed by atoms with van der Waals surface area (Å²) in [5, 5.41) is 11.9. The molecule has 158 valence electrons. The number of nitrogens with one attached hydrogen (secondary N) is 1. The van der Waals surface area contributed by atoms with Crippen molar-refractivity contribution in [1.82, 2.24) is 5.32 Å². The number of rotatable bonds is 9. The summed E-state index contributed by atoms with van der Waals surface area (Å²) in [6, 6.07) is 7.38. The van der Waals surface area contributed by atoms with Crippen molar-refractivity contribution in [3.05, 3.63) is 47.2 Å². The molecule has 0 saturated heterocycles. The van der Waals surface area contributed by atoms with Gasteiger partial charge in [0.25, 0.3) is 5.91 Å². The van der Waals surface area contributed by atoms with E-state index in [2.05, 4.69) is 5.32 Å². The minimum atomic E-state index is -0.536. The monoisotopic (exact) mass is 403 g/mol. The molecule has 0 aromatic heterocycles. The average molecular weight is 403 g/mol. The molecule has 1 heterocycles. The normalized spacial score (nSPS) is 21.5. The Balaban J connectivity index is 1.72. The van der Waals surface area contributed by atoms with Gasteiger partial charge in [0, 0.05) is 25.0 Å². The third-order valence-electron chi connectivity index (χ3n) is 5.34. The van der Waals surface area contributed by atoms with Crippen LogP contribution in [0.2, 0.25) is 0 Å². The number of methoxy groups -OCH3 is 1. The van der Waals surface area contributed by atoms with Crippen LogP contribution in [0.1, 0.15) is 60.4 Å². The number of aliphatic hydroxyl groups excluding tert-OH is 1. The van der Waals surface area contributed by atoms with E-state index in [0.717, 1.165) is 31.2 Å². The van der Waals surface area contributed by atoms with E-state index in [1.165, 1.54) is 7.11 Å². The van der Waals surface area contributed by atoms with Crippen molar-refractivity contribution in [3.8, 4) is 0 Å². The maximum Gasteiger partial charge on any atom is 0.337 e. The van der Waals surface area contributed by atoms with E-state index in [1.54, 1.807) is 12.1 Å². The van der Waals surface area contributed by atoms with E-state index in [1.807, 2.05) is 18.2 Å².